The maximum absolute atomic E-state index is 12.5. The number of anilines is 1. The molecule has 0 unspecified atom stereocenters. The fourth-order valence-corrected chi connectivity index (χ4v) is 3.22. The number of carbonyl (C=O) groups is 2. The lowest BCUT2D eigenvalue weighted by molar-refractivity contribution is -0.149. The third-order valence-corrected chi connectivity index (χ3v) is 4.73. The van der Waals surface area contributed by atoms with Crippen molar-refractivity contribution in [3.63, 3.8) is 0 Å². The van der Waals surface area contributed by atoms with Crippen LogP contribution in [0.4, 0.5) is 5.69 Å². The highest BCUT2D eigenvalue weighted by molar-refractivity contribution is 5.97. The summed E-state index contributed by atoms with van der Waals surface area (Å²) in [5.74, 6) is -0.128. The SMILES string of the molecule is Cc1cccc(OCC(=O)OCC(=O)N2c3ccccc3C[C@H]2C)c1C. The van der Waals surface area contributed by atoms with Gasteiger partial charge < -0.3 is 14.4 Å². The molecule has 1 amide bonds. The molecule has 26 heavy (non-hydrogen) atoms. The summed E-state index contributed by atoms with van der Waals surface area (Å²) in [7, 11) is 0. The van der Waals surface area contributed by atoms with Crippen LogP contribution in [0.25, 0.3) is 0 Å². The Kier molecular flexibility index (Phi) is 5.26. The van der Waals surface area contributed by atoms with Gasteiger partial charge in [-0.1, -0.05) is 30.3 Å². The molecule has 0 saturated heterocycles. The second-order valence-corrected chi connectivity index (χ2v) is 6.59. The van der Waals surface area contributed by atoms with E-state index in [4.69, 9.17) is 9.47 Å². The molecule has 136 valence electrons. The van der Waals surface area contributed by atoms with E-state index in [1.54, 1.807) is 4.90 Å². The van der Waals surface area contributed by atoms with Gasteiger partial charge in [0.05, 0.1) is 0 Å². The Morgan fingerprint density at radius 3 is 2.65 bits per heavy atom. The second kappa shape index (κ2) is 7.60. The van der Waals surface area contributed by atoms with Crippen molar-refractivity contribution in [2.24, 2.45) is 0 Å². The number of hydrogen-bond donors (Lipinski definition) is 0. The van der Waals surface area contributed by atoms with Gasteiger partial charge in [-0.15, -0.1) is 0 Å². The minimum Gasteiger partial charge on any atom is -0.482 e. The highest BCUT2D eigenvalue weighted by atomic mass is 16.6. The monoisotopic (exact) mass is 353 g/mol. The molecule has 3 rings (SSSR count). The Labute approximate surface area is 153 Å². The smallest absolute Gasteiger partial charge is 0.344 e. The number of hydrogen-bond acceptors (Lipinski definition) is 4. The first-order valence-electron chi connectivity index (χ1n) is 8.72. The summed E-state index contributed by atoms with van der Waals surface area (Å²) in [4.78, 5) is 26.1. The van der Waals surface area contributed by atoms with E-state index >= 15 is 0 Å². The molecule has 1 aliphatic rings. The second-order valence-electron chi connectivity index (χ2n) is 6.59. The van der Waals surface area contributed by atoms with Crippen molar-refractivity contribution in [3.8, 4) is 5.75 Å². The molecule has 5 heteroatoms. The van der Waals surface area contributed by atoms with Crippen LogP contribution < -0.4 is 9.64 Å². The molecule has 0 fully saturated rings. The van der Waals surface area contributed by atoms with Gasteiger partial charge in [0.2, 0.25) is 0 Å². The van der Waals surface area contributed by atoms with E-state index in [0.29, 0.717) is 5.75 Å². The zero-order valence-corrected chi connectivity index (χ0v) is 15.3. The molecule has 0 radical (unpaired) electrons. The minimum absolute atomic E-state index is 0.0600. The summed E-state index contributed by atoms with van der Waals surface area (Å²) in [5, 5.41) is 0. The lowest BCUT2D eigenvalue weighted by atomic mass is 10.1. The molecule has 5 nitrogen and oxygen atoms in total. The Morgan fingerprint density at radius 2 is 1.85 bits per heavy atom. The fraction of sp³-hybridized carbons (Fsp3) is 0.333. The first kappa shape index (κ1) is 18.0. The summed E-state index contributed by atoms with van der Waals surface area (Å²) in [6, 6.07) is 13.5. The van der Waals surface area contributed by atoms with E-state index in [1.165, 1.54) is 0 Å². The lowest BCUT2D eigenvalue weighted by Crippen LogP contribution is -2.39. The van der Waals surface area contributed by atoms with Crippen molar-refractivity contribution >= 4 is 17.6 Å². The summed E-state index contributed by atoms with van der Waals surface area (Å²) in [5.41, 5.74) is 4.11. The normalized spacial score (nSPS) is 15.5. The fourth-order valence-electron chi connectivity index (χ4n) is 3.22. The van der Waals surface area contributed by atoms with Gasteiger partial charge in [-0.25, -0.2) is 4.79 Å². The zero-order valence-electron chi connectivity index (χ0n) is 15.3. The van der Waals surface area contributed by atoms with Crippen molar-refractivity contribution < 1.29 is 19.1 Å². The highest BCUT2D eigenvalue weighted by Gasteiger charge is 2.30. The first-order valence-corrected chi connectivity index (χ1v) is 8.72. The van der Waals surface area contributed by atoms with E-state index in [0.717, 1.165) is 28.8 Å². The van der Waals surface area contributed by atoms with Gasteiger partial charge in [-0.05, 0) is 56.0 Å². The van der Waals surface area contributed by atoms with Crippen LogP contribution in [0.2, 0.25) is 0 Å². The number of nitrogens with zero attached hydrogens (tertiary/aromatic N) is 1. The zero-order chi connectivity index (χ0) is 18.7. The Hall–Kier alpha value is -2.82. The van der Waals surface area contributed by atoms with E-state index < -0.39 is 5.97 Å². The summed E-state index contributed by atoms with van der Waals surface area (Å²) < 4.78 is 10.6. The predicted octanol–water partition coefficient (Wildman–Crippen LogP) is 3.20. The highest BCUT2D eigenvalue weighted by Crippen LogP contribution is 2.31. The van der Waals surface area contributed by atoms with Crippen LogP contribution in [0, 0.1) is 13.8 Å². The number of benzene rings is 2. The van der Waals surface area contributed by atoms with Crippen molar-refractivity contribution in [1.29, 1.82) is 0 Å². The number of para-hydroxylation sites is 1. The molecular weight excluding hydrogens is 330 g/mol. The van der Waals surface area contributed by atoms with E-state index in [1.807, 2.05) is 63.2 Å². The van der Waals surface area contributed by atoms with Gasteiger partial charge in [0.15, 0.2) is 13.2 Å². The van der Waals surface area contributed by atoms with E-state index in [9.17, 15) is 9.59 Å². The summed E-state index contributed by atoms with van der Waals surface area (Å²) in [6.45, 7) is 5.40. The van der Waals surface area contributed by atoms with Crippen molar-refractivity contribution in [3.05, 3.63) is 59.2 Å². The van der Waals surface area contributed by atoms with E-state index in [-0.39, 0.29) is 25.2 Å². The van der Waals surface area contributed by atoms with Crippen LogP contribution in [0.1, 0.15) is 23.6 Å². The average Bonchev–Trinajstić information content (AvgIpc) is 2.96. The van der Waals surface area contributed by atoms with Crippen LogP contribution >= 0.6 is 0 Å². The number of amides is 1. The van der Waals surface area contributed by atoms with Gasteiger partial charge in [0, 0.05) is 11.7 Å². The topological polar surface area (TPSA) is 55.8 Å². The average molecular weight is 353 g/mol. The largest absolute Gasteiger partial charge is 0.482 e. The molecule has 2 aromatic carbocycles. The molecule has 1 heterocycles. The molecule has 0 aliphatic carbocycles. The standard InChI is InChI=1S/C21H23NO4/c1-14-7-6-10-19(16(14)3)25-13-21(24)26-12-20(23)22-15(2)11-17-8-4-5-9-18(17)22/h4-10,15H,11-13H2,1-3H3/t15-/m1/s1. The molecule has 2 aromatic rings. The molecule has 0 N–H and O–H groups in total. The van der Waals surface area contributed by atoms with Gasteiger partial charge in [-0.2, -0.15) is 0 Å². The van der Waals surface area contributed by atoms with E-state index in [2.05, 4.69) is 0 Å². The Morgan fingerprint density at radius 1 is 1.08 bits per heavy atom. The number of carbonyl (C=O) groups excluding carboxylic acids is 2. The number of ether oxygens (including phenoxy) is 2. The molecule has 0 saturated carbocycles. The number of rotatable bonds is 5. The van der Waals surface area contributed by atoms with Gasteiger partial charge in [0.1, 0.15) is 5.75 Å². The quantitative estimate of drug-likeness (QED) is 0.775. The Bertz CT molecular complexity index is 831. The summed E-state index contributed by atoms with van der Waals surface area (Å²) >= 11 is 0. The van der Waals surface area contributed by atoms with Crippen LogP contribution in [0.15, 0.2) is 42.5 Å². The maximum Gasteiger partial charge on any atom is 0.344 e. The Balaban J connectivity index is 1.53. The lowest BCUT2D eigenvalue weighted by Gasteiger charge is -2.22. The third-order valence-electron chi connectivity index (χ3n) is 4.73. The maximum atomic E-state index is 12.5. The minimum atomic E-state index is -0.556. The molecular formula is C21H23NO4. The first-order chi connectivity index (χ1) is 12.5. The van der Waals surface area contributed by atoms with Crippen LogP contribution in [0.5, 0.6) is 5.75 Å². The van der Waals surface area contributed by atoms with Crippen LogP contribution in [0.3, 0.4) is 0 Å². The van der Waals surface area contributed by atoms with Crippen molar-refractivity contribution in [2.75, 3.05) is 18.1 Å². The number of fused-ring (bicyclic) bond motifs is 1. The number of esters is 1. The predicted molar refractivity (Wildman–Crippen MR) is 99.5 cm³/mol. The van der Waals surface area contributed by atoms with Crippen molar-refractivity contribution in [1.82, 2.24) is 0 Å². The molecule has 0 spiro atoms. The van der Waals surface area contributed by atoms with Gasteiger partial charge in [-0.3, -0.25) is 4.79 Å². The molecule has 1 atom stereocenters. The summed E-state index contributed by atoms with van der Waals surface area (Å²) in [6.07, 6.45) is 0.811. The van der Waals surface area contributed by atoms with Crippen LogP contribution in [-0.2, 0) is 20.7 Å². The van der Waals surface area contributed by atoms with Crippen molar-refractivity contribution in [2.45, 2.75) is 33.2 Å². The molecule has 1 aliphatic heterocycles. The molecule has 0 bridgehead atoms. The van der Waals surface area contributed by atoms with Gasteiger partial charge in [0.25, 0.3) is 5.91 Å². The third kappa shape index (κ3) is 3.72. The number of aryl methyl sites for hydroxylation is 1. The molecule has 0 aromatic heterocycles. The van der Waals surface area contributed by atoms with Gasteiger partial charge >= 0.3 is 5.97 Å². The van der Waals surface area contributed by atoms with Crippen LogP contribution in [-0.4, -0.2) is 31.1 Å².